The van der Waals surface area contributed by atoms with Gasteiger partial charge in [-0.05, 0) is 29.8 Å². The molecule has 3 aromatic rings. The molecule has 0 saturated heterocycles. The summed E-state index contributed by atoms with van der Waals surface area (Å²) >= 11 is 6.06. The number of aromatic nitrogens is 1. The van der Waals surface area contributed by atoms with Crippen molar-refractivity contribution in [3.05, 3.63) is 71.7 Å². The van der Waals surface area contributed by atoms with Crippen molar-refractivity contribution < 1.29 is 13.9 Å². The van der Waals surface area contributed by atoms with Crippen LogP contribution in [0.15, 0.2) is 65.5 Å². The second-order valence-electron chi connectivity index (χ2n) is 5.12. The average molecular weight is 355 g/mol. The third kappa shape index (κ3) is 4.08. The number of oxazole rings is 1. The first-order valence-corrected chi connectivity index (χ1v) is 7.85. The molecule has 0 fully saturated rings. The van der Waals surface area contributed by atoms with Crippen LogP contribution in [0.3, 0.4) is 0 Å². The van der Waals surface area contributed by atoms with Gasteiger partial charge in [0.15, 0.2) is 12.2 Å². The van der Waals surface area contributed by atoms with E-state index in [-0.39, 0.29) is 5.91 Å². The first-order valence-electron chi connectivity index (χ1n) is 7.48. The van der Waals surface area contributed by atoms with Crippen molar-refractivity contribution >= 4 is 29.3 Å². The van der Waals surface area contributed by atoms with E-state index < -0.39 is 0 Å². The summed E-state index contributed by atoms with van der Waals surface area (Å²) < 4.78 is 10.6. The topological polar surface area (TPSA) is 64.4 Å². The van der Waals surface area contributed by atoms with Crippen LogP contribution >= 0.6 is 11.6 Å². The Balaban J connectivity index is 1.74. The molecule has 0 atom stereocenters. The van der Waals surface area contributed by atoms with Gasteiger partial charge in [0.05, 0.1) is 18.9 Å². The lowest BCUT2D eigenvalue weighted by Gasteiger charge is -2.09. The molecule has 0 radical (unpaired) electrons. The second-order valence-corrected chi connectivity index (χ2v) is 5.53. The lowest BCUT2D eigenvalue weighted by molar-refractivity contribution is -0.111. The fourth-order valence-electron chi connectivity index (χ4n) is 2.28. The Morgan fingerprint density at radius 3 is 2.84 bits per heavy atom. The van der Waals surface area contributed by atoms with Crippen molar-refractivity contribution in [1.29, 1.82) is 0 Å². The second kappa shape index (κ2) is 7.68. The quantitative estimate of drug-likeness (QED) is 0.677. The molecule has 5 nitrogen and oxygen atoms in total. The highest BCUT2D eigenvalue weighted by molar-refractivity contribution is 6.32. The molecule has 0 aliphatic carbocycles. The van der Waals surface area contributed by atoms with Crippen LogP contribution in [0.4, 0.5) is 5.69 Å². The molecular formula is C19H15ClN2O3. The number of hydrogen-bond donors (Lipinski definition) is 1. The highest BCUT2D eigenvalue weighted by Crippen LogP contribution is 2.32. The number of carbonyl (C=O) groups is 1. The van der Waals surface area contributed by atoms with Gasteiger partial charge in [0.25, 0.3) is 0 Å². The van der Waals surface area contributed by atoms with E-state index >= 15 is 0 Å². The van der Waals surface area contributed by atoms with Crippen LogP contribution in [0, 0.1) is 0 Å². The predicted octanol–water partition coefficient (Wildman–Crippen LogP) is 4.66. The maximum atomic E-state index is 12.1. The fourth-order valence-corrected chi connectivity index (χ4v) is 2.48. The van der Waals surface area contributed by atoms with E-state index in [0.29, 0.717) is 22.2 Å². The summed E-state index contributed by atoms with van der Waals surface area (Å²) in [6.45, 7) is 0. The Kier molecular flexibility index (Phi) is 5.16. The third-order valence-electron chi connectivity index (χ3n) is 3.49. The van der Waals surface area contributed by atoms with Gasteiger partial charge >= 0.3 is 0 Å². The van der Waals surface area contributed by atoms with Crippen molar-refractivity contribution in [3.63, 3.8) is 0 Å². The first-order chi connectivity index (χ1) is 12.2. The van der Waals surface area contributed by atoms with E-state index in [2.05, 4.69) is 10.3 Å². The molecule has 2 aromatic carbocycles. The maximum absolute atomic E-state index is 12.1. The normalized spacial score (nSPS) is 10.8. The largest absolute Gasteiger partial charge is 0.496 e. The van der Waals surface area contributed by atoms with E-state index in [1.54, 1.807) is 43.6 Å². The van der Waals surface area contributed by atoms with E-state index in [9.17, 15) is 4.79 Å². The molecule has 0 aliphatic heterocycles. The van der Waals surface area contributed by atoms with Crippen molar-refractivity contribution in [2.24, 2.45) is 0 Å². The summed E-state index contributed by atoms with van der Waals surface area (Å²) in [5, 5.41) is 3.37. The van der Waals surface area contributed by atoms with E-state index in [1.165, 1.54) is 12.5 Å². The van der Waals surface area contributed by atoms with E-state index in [4.69, 9.17) is 20.8 Å². The van der Waals surface area contributed by atoms with Crippen LogP contribution < -0.4 is 10.1 Å². The zero-order valence-corrected chi connectivity index (χ0v) is 14.2. The van der Waals surface area contributed by atoms with Crippen LogP contribution in [0.1, 0.15) is 5.56 Å². The van der Waals surface area contributed by atoms with Gasteiger partial charge in [0, 0.05) is 22.9 Å². The zero-order chi connectivity index (χ0) is 17.6. The van der Waals surface area contributed by atoms with Gasteiger partial charge < -0.3 is 14.5 Å². The van der Waals surface area contributed by atoms with Crippen LogP contribution in [0.5, 0.6) is 5.75 Å². The Bertz CT molecular complexity index is 905. The van der Waals surface area contributed by atoms with Crippen LogP contribution in [0.25, 0.3) is 17.4 Å². The Hall–Kier alpha value is -3.05. The van der Waals surface area contributed by atoms with Crippen LogP contribution in [0.2, 0.25) is 5.02 Å². The molecule has 3 rings (SSSR count). The Morgan fingerprint density at radius 1 is 1.28 bits per heavy atom. The molecule has 1 heterocycles. The SMILES string of the molecule is COc1cc(NC(=O)/C=C/c2ccccc2Cl)ccc1-c1cnco1. The van der Waals surface area contributed by atoms with Gasteiger partial charge in [0.2, 0.25) is 5.91 Å². The van der Waals surface area contributed by atoms with E-state index in [0.717, 1.165) is 11.1 Å². The molecule has 0 saturated carbocycles. The summed E-state index contributed by atoms with van der Waals surface area (Å²) in [5.41, 5.74) is 2.14. The summed E-state index contributed by atoms with van der Waals surface area (Å²) in [6.07, 6.45) is 6.04. The first kappa shape index (κ1) is 16.8. The summed E-state index contributed by atoms with van der Waals surface area (Å²) in [6, 6.07) is 12.6. The summed E-state index contributed by atoms with van der Waals surface area (Å²) in [4.78, 5) is 16.0. The minimum Gasteiger partial charge on any atom is -0.496 e. The number of methoxy groups -OCH3 is 1. The Labute approximate surface area is 149 Å². The highest BCUT2D eigenvalue weighted by atomic mass is 35.5. The number of rotatable bonds is 5. The van der Waals surface area contributed by atoms with Gasteiger partial charge in [0.1, 0.15) is 5.75 Å². The zero-order valence-electron chi connectivity index (χ0n) is 13.4. The lowest BCUT2D eigenvalue weighted by Crippen LogP contribution is -2.07. The molecule has 126 valence electrons. The van der Waals surface area contributed by atoms with Gasteiger partial charge in [-0.3, -0.25) is 4.79 Å². The van der Waals surface area contributed by atoms with Gasteiger partial charge in [-0.2, -0.15) is 0 Å². The number of ether oxygens (including phenoxy) is 1. The molecule has 1 N–H and O–H groups in total. The number of amides is 1. The Morgan fingerprint density at radius 2 is 2.12 bits per heavy atom. The predicted molar refractivity (Wildman–Crippen MR) is 97.6 cm³/mol. The summed E-state index contributed by atoms with van der Waals surface area (Å²) in [5.74, 6) is 0.896. The van der Waals surface area contributed by atoms with Crippen molar-refractivity contribution in [1.82, 2.24) is 4.98 Å². The highest BCUT2D eigenvalue weighted by Gasteiger charge is 2.10. The number of benzene rings is 2. The number of hydrogen-bond acceptors (Lipinski definition) is 4. The molecule has 0 bridgehead atoms. The summed E-state index contributed by atoms with van der Waals surface area (Å²) in [7, 11) is 1.55. The molecule has 1 amide bonds. The molecular weight excluding hydrogens is 340 g/mol. The number of carbonyl (C=O) groups excluding carboxylic acids is 1. The number of nitrogens with one attached hydrogen (secondary N) is 1. The minimum absolute atomic E-state index is 0.269. The van der Waals surface area contributed by atoms with Crippen LogP contribution in [-0.2, 0) is 4.79 Å². The number of anilines is 1. The van der Waals surface area contributed by atoms with Crippen molar-refractivity contribution in [2.75, 3.05) is 12.4 Å². The third-order valence-corrected chi connectivity index (χ3v) is 3.83. The van der Waals surface area contributed by atoms with Crippen molar-refractivity contribution in [2.45, 2.75) is 0 Å². The molecule has 0 aliphatic rings. The van der Waals surface area contributed by atoms with Gasteiger partial charge in [-0.15, -0.1) is 0 Å². The van der Waals surface area contributed by atoms with E-state index in [1.807, 2.05) is 18.2 Å². The van der Waals surface area contributed by atoms with Gasteiger partial charge in [-0.1, -0.05) is 29.8 Å². The fraction of sp³-hybridized carbons (Fsp3) is 0.0526. The monoisotopic (exact) mass is 354 g/mol. The molecule has 0 spiro atoms. The smallest absolute Gasteiger partial charge is 0.248 e. The maximum Gasteiger partial charge on any atom is 0.248 e. The number of nitrogens with zero attached hydrogens (tertiary/aromatic N) is 1. The van der Waals surface area contributed by atoms with Crippen molar-refractivity contribution in [3.8, 4) is 17.1 Å². The molecule has 6 heteroatoms. The minimum atomic E-state index is -0.269. The molecule has 0 unspecified atom stereocenters. The van der Waals surface area contributed by atoms with Crippen LogP contribution in [-0.4, -0.2) is 18.0 Å². The average Bonchev–Trinajstić information content (AvgIpc) is 3.15. The van der Waals surface area contributed by atoms with Gasteiger partial charge in [-0.25, -0.2) is 4.98 Å². The molecule has 1 aromatic heterocycles. The molecule has 25 heavy (non-hydrogen) atoms. The lowest BCUT2D eigenvalue weighted by atomic mass is 10.1. The standard InChI is InChI=1S/C19H15ClN2O3/c1-24-17-10-14(7-8-15(17)18-11-21-12-25-18)22-19(23)9-6-13-4-2-3-5-16(13)20/h2-12H,1H3,(H,22,23)/b9-6+. The number of halogens is 1.